The first kappa shape index (κ1) is 12.5. The van der Waals surface area contributed by atoms with Crippen LogP contribution >= 0.6 is 0 Å². The van der Waals surface area contributed by atoms with Crippen molar-refractivity contribution in [1.82, 2.24) is 0 Å². The highest BCUT2D eigenvalue weighted by atomic mass is 19.4. The Labute approximate surface area is 108 Å². The van der Waals surface area contributed by atoms with Gasteiger partial charge in [-0.15, -0.1) is 13.2 Å². The van der Waals surface area contributed by atoms with Gasteiger partial charge in [0.05, 0.1) is 0 Å². The van der Waals surface area contributed by atoms with Gasteiger partial charge in [0.1, 0.15) is 5.75 Å². The van der Waals surface area contributed by atoms with Gasteiger partial charge in [0.2, 0.25) is 0 Å². The molecule has 102 valence electrons. The minimum absolute atomic E-state index is 0.0233. The van der Waals surface area contributed by atoms with Gasteiger partial charge in [-0.3, -0.25) is 4.79 Å². The number of ketones is 1. The fourth-order valence-electron chi connectivity index (χ4n) is 3.01. The van der Waals surface area contributed by atoms with E-state index in [-0.39, 0.29) is 17.5 Å². The Morgan fingerprint density at radius 3 is 2.47 bits per heavy atom. The molecular formula is C14H13F3O2. The highest BCUT2D eigenvalue weighted by molar-refractivity contribution is 5.98. The van der Waals surface area contributed by atoms with Gasteiger partial charge in [0.25, 0.3) is 0 Å². The number of hydrogen-bond acceptors (Lipinski definition) is 2. The molecule has 2 aliphatic rings. The molecule has 2 aliphatic carbocycles. The Balaban J connectivity index is 1.73. The molecule has 0 amide bonds. The smallest absolute Gasteiger partial charge is 0.406 e. The van der Waals surface area contributed by atoms with Crippen molar-refractivity contribution in [3.63, 3.8) is 0 Å². The minimum atomic E-state index is -4.73. The van der Waals surface area contributed by atoms with Crippen molar-refractivity contribution in [3.05, 3.63) is 29.8 Å². The molecular weight excluding hydrogens is 257 g/mol. The summed E-state index contributed by atoms with van der Waals surface area (Å²) in [6.07, 6.45) is -1.75. The van der Waals surface area contributed by atoms with Crippen LogP contribution in [0.3, 0.4) is 0 Å². The number of hydrogen-bond donors (Lipinski definition) is 0. The SMILES string of the molecule is O=C(c1cccc(OC(F)(F)F)c1)C1CC2CC2C1. The van der Waals surface area contributed by atoms with Crippen LogP contribution < -0.4 is 4.74 Å². The van der Waals surface area contributed by atoms with Gasteiger partial charge in [-0.1, -0.05) is 12.1 Å². The van der Waals surface area contributed by atoms with Crippen molar-refractivity contribution < 1.29 is 22.7 Å². The summed E-state index contributed by atoms with van der Waals surface area (Å²) in [6, 6.07) is 5.36. The third kappa shape index (κ3) is 2.74. The Morgan fingerprint density at radius 2 is 1.84 bits per heavy atom. The molecule has 2 atom stereocenters. The summed E-state index contributed by atoms with van der Waals surface area (Å²) in [5.41, 5.74) is 0.313. The maximum absolute atomic E-state index is 12.2. The zero-order valence-electron chi connectivity index (χ0n) is 10.1. The molecule has 0 radical (unpaired) electrons. The lowest BCUT2D eigenvalue weighted by Gasteiger charge is -2.12. The third-order valence-corrected chi connectivity index (χ3v) is 3.97. The second-order valence-electron chi connectivity index (χ2n) is 5.36. The second kappa shape index (κ2) is 4.25. The summed E-state index contributed by atoms with van der Waals surface area (Å²) in [4.78, 5) is 12.2. The zero-order chi connectivity index (χ0) is 13.6. The van der Waals surface area contributed by atoms with E-state index in [9.17, 15) is 18.0 Å². The van der Waals surface area contributed by atoms with E-state index in [1.165, 1.54) is 24.6 Å². The molecule has 0 N–H and O–H groups in total. The summed E-state index contributed by atoms with van der Waals surface area (Å²) in [7, 11) is 0. The molecule has 3 rings (SSSR count). The molecule has 2 nitrogen and oxygen atoms in total. The lowest BCUT2D eigenvalue weighted by atomic mass is 9.93. The Kier molecular flexibility index (Phi) is 2.80. The average Bonchev–Trinajstić information content (AvgIpc) is 2.93. The van der Waals surface area contributed by atoms with Crippen LogP contribution in [0.25, 0.3) is 0 Å². The van der Waals surface area contributed by atoms with E-state index >= 15 is 0 Å². The number of halogens is 3. The number of benzene rings is 1. The quantitative estimate of drug-likeness (QED) is 0.780. The maximum atomic E-state index is 12.2. The fourth-order valence-corrected chi connectivity index (χ4v) is 3.01. The number of carbonyl (C=O) groups excluding carboxylic acids is 1. The van der Waals surface area contributed by atoms with Crippen molar-refractivity contribution in [1.29, 1.82) is 0 Å². The normalized spacial score (nSPS) is 28.9. The van der Waals surface area contributed by atoms with Crippen LogP contribution in [0.2, 0.25) is 0 Å². The molecule has 0 aromatic heterocycles. The Hall–Kier alpha value is -1.52. The van der Waals surface area contributed by atoms with E-state index in [1.54, 1.807) is 6.07 Å². The molecule has 0 heterocycles. The molecule has 0 spiro atoms. The van der Waals surface area contributed by atoms with Crippen LogP contribution in [0, 0.1) is 17.8 Å². The number of carbonyl (C=O) groups is 1. The van der Waals surface area contributed by atoms with E-state index in [4.69, 9.17) is 0 Å². The van der Waals surface area contributed by atoms with Crippen molar-refractivity contribution >= 4 is 5.78 Å². The van der Waals surface area contributed by atoms with Gasteiger partial charge in [0, 0.05) is 11.5 Å². The molecule has 2 unspecified atom stereocenters. The molecule has 2 saturated carbocycles. The zero-order valence-corrected chi connectivity index (χ0v) is 10.1. The highest BCUT2D eigenvalue weighted by Crippen LogP contribution is 2.54. The molecule has 0 aliphatic heterocycles. The minimum Gasteiger partial charge on any atom is -0.406 e. The predicted octanol–water partition coefficient (Wildman–Crippen LogP) is 3.81. The summed E-state index contributed by atoms with van der Waals surface area (Å²) >= 11 is 0. The lowest BCUT2D eigenvalue weighted by molar-refractivity contribution is -0.274. The first-order valence-corrected chi connectivity index (χ1v) is 6.32. The average molecular weight is 270 g/mol. The number of fused-ring (bicyclic) bond motifs is 1. The Morgan fingerprint density at radius 1 is 1.16 bits per heavy atom. The van der Waals surface area contributed by atoms with E-state index in [1.807, 2.05) is 0 Å². The van der Waals surface area contributed by atoms with E-state index < -0.39 is 6.36 Å². The first-order chi connectivity index (χ1) is 8.92. The largest absolute Gasteiger partial charge is 0.573 e. The standard InChI is InChI=1S/C14H13F3O2/c15-14(16,17)19-12-3-1-2-8(7-12)13(18)11-5-9-4-10(9)6-11/h1-3,7,9-11H,4-6H2. The van der Waals surface area contributed by atoms with Gasteiger partial charge in [0.15, 0.2) is 5.78 Å². The molecule has 5 heteroatoms. The molecule has 19 heavy (non-hydrogen) atoms. The fraction of sp³-hybridized carbons (Fsp3) is 0.500. The second-order valence-corrected chi connectivity index (χ2v) is 5.36. The number of Topliss-reactive ketones (excluding diaryl/α,β-unsaturated/α-hetero) is 1. The lowest BCUT2D eigenvalue weighted by Crippen LogP contribution is -2.18. The van der Waals surface area contributed by atoms with Crippen molar-refractivity contribution in [2.45, 2.75) is 25.6 Å². The Bertz CT molecular complexity index is 500. The molecule has 0 bridgehead atoms. The van der Waals surface area contributed by atoms with Gasteiger partial charge in [-0.05, 0) is 43.2 Å². The number of alkyl halides is 3. The van der Waals surface area contributed by atoms with Crippen molar-refractivity contribution in [3.8, 4) is 5.75 Å². The number of ether oxygens (including phenoxy) is 1. The molecule has 1 aromatic rings. The van der Waals surface area contributed by atoms with Crippen LogP contribution in [-0.4, -0.2) is 12.1 Å². The summed E-state index contributed by atoms with van der Waals surface area (Å²) in [6.45, 7) is 0. The predicted molar refractivity (Wildman–Crippen MR) is 61.8 cm³/mol. The molecule has 1 aromatic carbocycles. The first-order valence-electron chi connectivity index (χ1n) is 6.32. The van der Waals surface area contributed by atoms with E-state index in [0.29, 0.717) is 17.4 Å². The van der Waals surface area contributed by atoms with Crippen LogP contribution in [0.1, 0.15) is 29.6 Å². The highest BCUT2D eigenvalue weighted by Gasteiger charge is 2.48. The van der Waals surface area contributed by atoms with Crippen LogP contribution in [0.5, 0.6) is 5.75 Å². The van der Waals surface area contributed by atoms with E-state index in [0.717, 1.165) is 12.8 Å². The maximum Gasteiger partial charge on any atom is 0.573 e. The van der Waals surface area contributed by atoms with Crippen LogP contribution in [0.4, 0.5) is 13.2 Å². The topological polar surface area (TPSA) is 26.3 Å². The molecule has 0 saturated heterocycles. The summed E-state index contributed by atoms with van der Waals surface area (Å²) in [5, 5.41) is 0. The van der Waals surface area contributed by atoms with Crippen molar-refractivity contribution in [2.24, 2.45) is 17.8 Å². The third-order valence-electron chi connectivity index (χ3n) is 3.97. The monoisotopic (exact) mass is 270 g/mol. The molecule has 2 fully saturated rings. The van der Waals surface area contributed by atoms with Gasteiger partial charge in [-0.25, -0.2) is 0 Å². The summed E-state index contributed by atoms with van der Waals surface area (Å²) < 4.78 is 40.2. The van der Waals surface area contributed by atoms with Crippen LogP contribution in [0.15, 0.2) is 24.3 Å². The van der Waals surface area contributed by atoms with Crippen LogP contribution in [-0.2, 0) is 0 Å². The van der Waals surface area contributed by atoms with Gasteiger partial charge >= 0.3 is 6.36 Å². The van der Waals surface area contributed by atoms with Gasteiger partial charge in [-0.2, -0.15) is 0 Å². The van der Waals surface area contributed by atoms with Crippen molar-refractivity contribution in [2.75, 3.05) is 0 Å². The van der Waals surface area contributed by atoms with Gasteiger partial charge < -0.3 is 4.74 Å². The summed E-state index contributed by atoms with van der Waals surface area (Å²) in [5.74, 6) is 0.929. The van der Waals surface area contributed by atoms with E-state index in [2.05, 4.69) is 4.74 Å². The number of rotatable bonds is 3.